The van der Waals surface area contributed by atoms with Gasteiger partial charge in [-0.15, -0.1) is 0 Å². The van der Waals surface area contributed by atoms with E-state index in [4.69, 9.17) is 5.73 Å². The maximum atomic E-state index is 11.0. The normalized spacial score (nSPS) is 42.4. The largest absolute Gasteiger partial charge is 0.369 e. The van der Waals surface area contributed by atoms with Crippen LogP contribution in [-0.2, 0) is 4.79 Å². The van der Waals surface area contributed by atoms with Crippen LogP contribution in [0, 0.1) is 17.8 Å². The van der Waals surface area contributed by atoms with Crippen molar-refractivity contribution in [2.75, 3.05) is 0 Å². The summed E-state index contributed by atoms with van der Waals surface area (Å²) in [6, 6.07) is 0. The van der Waals surface area contributed by atoms with Crippen LogP contribution in [0.3, 0.4) is 0 Å². The lowest BCUT2D eigenvalue weighted by molar-refractivity contribution is -0.125. The molecule has 0 aliphatic heterocycles. The van der Waals surface area contributed by atoms with Gasteiger partial charge in [0.2, 0.25) is 5.91 Å². The van der Waals surface area contributed by atoms with E-state index in [1.165, 1.54) is 32.1 Å². The molecule has 2 nitrogen and oxygen atoms in total. The second kappa shape index (κ2) is 2.50. The Labute approximate surface area is 67.1 Å². The van der Waals surface area contributed by atoms with Crippen LogP contribution in [-0.4, -0.2) is 5.91 Å². The van der Waals surface area contributed by atoms with Gasteiger partial charge in [-0.05, 0) is 37.5 Å². The highest BCUT2D eigenvalue weighted by Gasteiger charge is 2.41. The maximum Gasteiger partial charge on any atom is 0.221 e. The molecule has 0 aromatic carbocycles. The molecule has 1 amide bonds. The fourth-order valence-electron chi connectivity index (χ4n) is 2.93. The Morgan fingerprint density at radius 2 is 1.64 bits per heavy atom. The summed E-state index contributed by atoms with van der Waals surface area (Å²) in [5, 5.41) is 0. The van der Waals surface area contributed by atoms with Gasteiger partial charge in [-0.1, -0.05) is 6.42 Å². The van der Waals surface area contributed by atoms with E-state index in [1.54, 1.807) is 0 Å². The highest BCUT2D eigenvalue weighted by atomic mass is 16.1. The van der Waals surface area contributed by atoms with E-state index < -0.39 is 0 Å². The van der Waals surface area contributed by atoms with Gasteiger partial charge in [-0.2, -0.15) is 0 Å². The molecule has 2 N–H and O–H groups in total. The van der Waals surface area contributed by atoms with E-state index >= 15 is 0 Å². The van der Waals surface area contributed by atoms with Crippen LogP contribution in [0.2, 0.25) is 0 Å². The monoisotopic (exact) mass is 153 g/mol. The number of carbonyl (C=O) groups excluding carboxylic acids is 1. The number of amides is 1. The van der Waals surface area contributed by atoms with E-state index in [0.717, 1.165) is 0 Å². The van der Waals surface area contributed by atoms with Crippen molar-refractivity contribution in [2.24, 2.45) is 23.5 Å². The van der Waals surface area contributed by atoms with Crippen molar-refractivity contribution in [2.45, 2.75) is 32.1 Å². The molecule has 2 saturated carbocycles. The van der Waals surface area contributed by atoms with Crippen molar-refractivity contribution in [3.63, 3.8) is 0 Å². The minimum Gasteiger partial charge on any atom is -0.369 e. The molecule has 2 aliphatic rings. The van der Waals surface area contributed by atoms with Gasteiger partial charge in [-0.3, -0.25) is 4.79 Å². The van der Waals surface area contributed by atoms with Crippen LogP contribution in [0.25, 0.3) is 0 Å². The zero-order valence-electron chi connectivity index (χ0n) is 6.75. The Balaban J connectivity index is 2.15. The molecule has 0 spiro atoms. The first-order valence-electron chi connectivity index (χ1n) is 4.58. The molecule has 2 atom stereocenters. The number of hydrogen-bond donors (Lipinski definition) is 1. The number of hydrogen-bond acceptors (Lipinski definition) is 1. The van der Waals surface area contributed by atoms with Gasteiger partial charge in [0.25, 0.3) is 0 Å². The highest BCUT2D eigenvalue weighted by molar-refractivity contribution is 5.77. The van der Waals surface area contributed by atoms with Crippen LogP contribution in [0.4, 0.5) is 0 Å². The Morgan fingerprint density at radius 1 is 1.09 bits per heavy atom. The molecular formula is C9H15NO. The maximum absolute atomic E-state index is 11.0. The quantitative estimate of drug-likeness (QED) is 0.606. The fourth-order valence-corrected chi connectivity index (χ4v) is 2.93. The van der Waals surface area contributed by atoms with Gasteiger partial charge < -0.3 is 5.73 Å². The predicted molar refractivity (Wildman–Crippen MR) is 42.7 cm³/mol. The Kier molecular flexibility index (Phi) is 1.63. The minimum atomic E-state index is -0.0443. The number of carbonyl (C=O) groups is 1. The SMILES string of the molecule is NC(=O)C1C2CCCC1CC2. The fraction of sp³-hybridized carbons (Fsp3) is 0.889. The molecule has 0 heterocycles. The summed E-state index contributed by atoms with van der Waals surface area (Å²) in [7, 11) is 0. The topological polar surface area (TPSA) is 43.1 Å². The van der Waals surface area contributed by atoms with E-state index in [0.29, 0.717) is 11.8 Å². The molecule has 2 fully saturated rings. The minimum absolute atomic E-state index is 0.0443. The molecule has 0 aromatic rings. The van der Waals surface area contributed by atoms with Crippen molar-refractivity contribution >= 4 is 5.91 Å². The van der Waals surface area contributed by atoms with Crippen molar-refractivity contribution in [1.82, 2.24) is 0 Å². The molecule has 2 unspecified atom stereocenters. The third-order valence-electron chi connectivity index (χ3n) is 3.40. The number of fused-ring (bicyclic) bond motifs is 2. The zero-order chi connectivity index (χ0) is 7.84. The molecule has 2 aliphatic carbocycles. The van der Waals surface area contributed by atoms with E-state index in [2.05, 4.69) is 0 Å². The number of rotatable bonds is 1. The molecule has 2 rings (SSSR count). The van der Waals surface area contributed by atoms with E-state index in [1.807, 2.05) is 0 Å². The van der Waals surface area contributed by atoms with Gasteiger partial charge in [-0.25, -0.2) is 0 Å². The van der Waals surface area contributed by atoms with Crippen LogP contribution >= 0.6 is 0 Å². The molecule has 0 saturated heterocycles. The average molecular weight is 153 g/mol. The van der Waals surface area contributed by atoms with Crippen LogP contribution in [0.1, 0.15) is 32.1 Å². The standard InChI is InChI=1S/C9H15NO/c10-9(11)8-6-2-1-3-7(8)5-4-6/h6-8H,1-5H2,(H2,10,11). The summed E-state index contributed by atoms with van der Waals surface area (Å²) in [4.78, 5) is 11.0. The average Bonchev–Trinajstić information content (AvgIpc) is 2.23. The zero-order valence-corrected chi connectivity index (χ0v) is 6.75. The first-order chi connectivity index (χ1) is 5.29. The molecule has 62 valence electrons. The number of nitrogens with two attached hydrogens (primary N) is 1. The lowest BCUT2D eigenvalue weighted by Gasteiger charge is -2.26. The van der Waals surface area contributed by atoms with Crippen molar-refractivity contribution in [3.8, 4) is 0 Å². The van der Waals surface area contributed by atoms with Crippen molar-refractivity contribution in [3.05, 3.63) is 0 Å². The third kappa shape index (κ3) is 1.05. The highest BCUT2D eigenvalue weighted by Crippen LogP contribution is 2.46. The van der Waals surface area contributed by atoms with Crippen LogP contribution in [0.15, 0.2) is 0 Å². The molecule has 2 bridgehead atoms. The van der Waals surface area contributed by atoms with Crippen LogP contribution < -0.4 is 5.73 Å². The Hall–Kier alpha value is -0.530. The second-order valence-electron chi connectivity index (χ2n) is 3.96. The Morgan fingerprint density at radius 3 is 2.00 bits per heavy atom. The lowest BCUT2D eigenvalue weighted by Crippen LogP contribution is -2.33. The van der Waals surface area contributed by atoms with Gasteiger partial charge in [0.1, 0.15) is 0 Å². The summed E-state index contributed by atoms with van der Waals surface area (Å²) in [5.74, 6) is 1.48. The van der Waals surface area contributed by atoms with E-state index in [-0.39, 0.29) is 11.8 Å². The number of primary amides is 1. The first kappa shape index (κ1) is 7.14. The lowest BCUT2D eigenvalue weighted by atomic mass is 9.78. The Bertz CT molecular complexity index is 162. The molecule has 11 heavy (non-hydrogen) atoms. The van der Waals surface area contributed by atoms with Gasteiger partial charge in [0, 0.05) is 5.92 Å². The summed E-state index contributed by atoms with van der Waals surface area (Å²) in [6.07, 6.45) is 6.30. The van der Waals surface area contributed by atoms with Crippen LogP contribution in [0.5, 0.6) is 0 Å². The second-order valence-corrected chi connectivity index (χ2v) is 3.96. The smallest absolute Gasteiger partial charge is 0.221 e. The van der Waals surface area contributed by atoms with Crippen molar-refractivity contribution in [1.29, 1.82) is 0 Å². The molecular weight excluding hydrogens is 138 g/mol. The van der Waals surface area contributed by atoms with Crippen molar-refractivity contribution < 1.29 is 4.79 Å². The van der Waals surface area contributed by atoms with Gasteiger partial charge in [0.15, 0.2) is 0 Å². The summed E-state index contributed by atoms with van der Waals surface area (Å²) < 4.78 is 0. The first-order valence-corrected chi connectivity index (χ1v) is 4.58. The third-order valence-corrected chi connectivity index (χ3v) is 3.40. The summed E-state index contributed by atoms with van der Waals surface area (Å²) in [5.41, 5.74) is 5.35. The van der Waals surface area contributed by atoms with Gasteiger partial charge in [0.05, 0.1) is 0 Å². The van der Waals surface area contributed by atoms with E-state index in [9.17, 15) is 4.79 Å². The summed E-state index contributed by atoms with van der Waals surface area (Å²) >= 11 is 0. The molecule has 0 radical (unpaired) electrons. The van der Waals surface area contributed by atoms with Gasteiger partial charge >= 0.3 is 0 Å². The predicted octanol–water partition coefficient (Wildman–Crippen LogP) is 1.30. The molecule has 0 aromatic heterocycles. The molecule has 2 heteroatoms. The summed E-state index contributed by atoms with van der Waals surface area (Å²) in [6.45, 7) is 0.